The van der Waals surface area contributed by atoms with Crippen LogP contribution >= 0.6 is 0 Å². The number of hydrogen-bond donors (Lipinski definition) is 1. The number of nitrogens with zero attached hydrogens (tertiary/aromatic N) is 5. The lowest BCUT2D eigenvalue weighted by molar-refractivity contribution is 0.156. The van der Waals surface area contributed by atoms with Crippen molar-refractivity contribution in [3.63, 3.8) is 0 Å². The van der Waals surface area contributed by atoms with Gasteiger partial charge in [-0.2, -0.15) is 0 Å². The maximum absolute atomic E-state index is 12.3. The molecular formula is C15H20N6O. The predicted octanol–water partition coefficient (Wildman–Crippen LogP) is 2.17. The van der Waals surface area contributed by atoms with Crippen LogP contribution < -0.4 is 5.32 Å². The molecule has 7 heteroatoms. The maximum atomic E-state index is 12.3. The lowest BCUT2D eigenvalue weighted by Crippen LogP contribution is -2.44. The molecule has 0 unspecified atom stereocenters. The van der Waals surface area contributed by atoms with Crippen molar-refractivity contribution < 1.29 is 4.79 Å². The predicted molar refractivity (Wildman–Crippen MR) is 82.7 cm³/mol. The summed E-state index contributed by atoms with van der Waals surface area (Å²) in [4.78, 5) is 14.2. The van der Waals surface area contributed by atoms with Gasteiger partial charge in [-0.05, 0) is 52.9 Å². The number of hydrogen-bond acceptors (Lipinski definition) is 4. The molecule has 2 atom stereocenters. The first-order chi connectivity index (χ1) is 10.6. The highest BCUT2D eigenvalue weighted by Gasteiger charge is 2.25. The third kappa shape index (κ3) is 3.24. The van der Waals surface area contributed by atoms with Gasteiger partial charge >= 0.3 is 6.03 Å². The van der Waals surface area contributed by atoms with Crippen molar-refractivity contribution in [2.45, 2.75) is 20.3 Å². The molecule has 0 aliphatic carbocycles. The van der Waals surface area contributed by atoms with Gasteiger partial charge in [0.15, 0.2) is 0 Å². The van der Waals surface area contributed by atoms with Crippen LogP contribution in [-0.4, -0.2) is 44.2 Å². The van der Waals surface area contributed by atoms with E-state index in [9.17, 15) is 4.79 Å². The summed E-state index contributed by atoms with van der Waals surface area (Å²) in [6.45, 7) is 6.02. The molecule has 0 saturated carbocycles. The summed E-state index contributed by atoms with van der Waals surface area (Å²) in [6, 6.07) is 7.41. The maximum Gasteiger partial charge on any atom is 0.321 e. The first-order valence-electron chi connectivity index (χ1n) is 7.51. The largest absolute Gasteiger partial charge is 0.324 e. The number of tetrazole rings is 1. The Balaban J connectivity index is 1.64. The van der Waals surface area contributed by atoms with E-state index >= 15 is 0 Å². The van der Waals surface area contributed by atoms with Crippen LogP contribution in [0, 0.1) is 11.8 Å². The molecule has 0 spiro atoms. The molecule has 1 aromatic carbocycles. The topological polar surface area (TPSA) is 75.9 Å². The number of likely N-dealkylation sites (tertiary alicyclic amines) is 1. The van der Waals surface area contributed by atoms with Gasteiger partial charge in [-0.15, -0.1) is 5.10 Å². The Kier molecular flexibility index (Phi) is 4.04. The van der Waals surface area contributed by atoms with Gasteiger partial charge in [0, 0.05) is 18.8 Å². The fraction of sp³-hybridized carbons (Fsp3) is 0.467. The number of carbonyl (C=O) groups is 1. The van der Waals surface area contributed by atoms with Crippen LogP contribution in [0.15, 0.2) is 30.6 Å². The highest BCUT2D eigenvalue weighted by Crippen LogP contribution is 2.22. The second-order valence-corrected chi connectivity index (χ2v) is 6.08. The van der Waals surface area contributed by atoms with Crippen LogP contribution in [0.4, 0.5) is 10.5 Å². The van der Waals surface area contributed by atoms with Crippen LogP contribution in [0.3, 0.4) is 0 Å². The Bertz CT molecular complexity index is 614. The Morgan fingerprint density at radius 3 is 2.45 bits per heavy atom. The van der Waals surface area contributed by atoms with Crippen LogP contribution in [-0.2, 0) is 0 Å². The number of piperidine rings is 1. The number of rotatable bonds is 2. The molecule has 7 nitrogen and oxygen atoms in total. The lowest BCUT2D eigenvalue weighted by Gasteiger charge is -2.34. The number of aromatic nitrogens is 4. The van der Waals surface area contributed by atoms with E-state index in [1.807, 2.05) is 29.2 Å². The standard InChI is InChI=1S/C15H20N6O/c1-11-7-12(2)9-20(8-11)15(22)17-13-3-5-14(6-4-13)21-10-16-18-19-21/h3-6,10-12H,7-9H2,1-2H3,(H,17,22)/t11-,12+. The lowest BCUT2D eigenvalue weighted by atomic mass is 9.92. The molecule has 1 saturated heterocycles. The van der Waals surface area contributed by atoms with Crippen molar-refractivity contribution >= 4 is 11.7 Å². The fourth-order valence-electron chi connectivity index (χ4n) is 3.01. The third-order valence-corrected chi connectivity index (χ3v) is 3.89. The molecular weight excluding hydrogens is 280 g/mol. The quantitative estimate of drug-likeness (QED) is 0.922. The van der Waals surface area contributed by atoms with Gasteiger partial charge in [0.05, 0.1) is 5.69 Å². The molecule has 116 valence electrons. The fourth-order valence-corrected chi connectivity index (χ4v) is 3.01. The van der Waals surface area contributed by atoms with Gasteiger partial charge in [-0.1, -0.05) is 13.8 Å². The molecule has 0 bridgehead atoms. The summed E-state index contributed by atoms with van der Waals surface area (Å²) in [7, 11) is 0. The van der Waals surface area contributed by atoms with E-state index in [4.69, 9.17) is 0 Å². The number of carbonyl (C=O) groups excluding carboxylic acids is 1. The smallest absolute Gasteiger partial charge is 0.321 e. The third-order valence-electron chi connectivity index (χ3n) is 3.89. The van der Waals surface area contributed by atoms with Crippen molar-refractivity contribution in [3.05, 3.63) is 30.6 Å². The molecule has 0 radical (unpaired) electrons. The monoisotopic (exact) mass is 300 g/mol. The Labute approximate surface area is 129 Å². The van der Waals surface area contributed by atoms with E-state index in [1.165, 1.54) is 12.7 Å². The van der Waals surface area contributed by atoms with Crippen molar-refractivity contribution in [3.8, 4) is 5.69 Å². The molecule has 22 heavy (non-hydrogen) atoms. The molecule has 2 amide bonds. The van der Waals surface area contributed by atoms with Crippen molar-refractivity contribution in [1.82, 2.24) is 25.1 Å². The highest BCUT2D eigenvalue weighted by atomic mass is 16.2. The van der Waals surface area contributed by atoms with Crippen LogP contribution in [0.2, 0.25) is 0 Å². The molecule has 1 fully saturated rings. The zero-order chi connectivity index (χ0) is 15.5. The van der Waals surface area contributed by atoms with E-state index in [-0.39, 0.29) is 6.03 Å². The molecule has 3 rings (SSSR count). The summed E-state index contributed by atoms with van der Waals surface area (Å²) < 4.78 is 1.57. The summed E-state index contributed by atoms with van der Waals surface area (Å²) >= 11 is 0. The van der Waals surface area contributed by atoms with Gasteiger partial charge in [0.1, 0.15) is 6.33 Å². The zero-order valence-electron chi connectivity index (χ0n) is 12.8. The summed E-state index contributed by atoms with van der Waals surface area (Å²) in [5.41, 5.74) is 1.62. The molecule has 2 heterocycles. The Hall–Kier alpha value is -2.44. The number of urea groups is 1. The zero-order valence-corrected chi connectivity index (χ0v) is 12.8. The van der Waals surface area contributed by atoms with Gasteiger partial charge < -0.3 is 10.2 Å². The van der Waals surface area contributed by atoms with Gasteiger partial charge in [-0.25, -0.2) is 9.48 Å². The number of amides is 2. The SMILES string of the molecule is C[C@@H]1C[C@H](C)CN(C(=O)Nc2ccc(-n3cnnn3)cc2)C1. The molecule has 2 aromatic rings. The second-order valence-electron chi connectivity index (χ2n) is 6.08. The van der Waals surface area contributed by atoms with Gasteiger partial charge in [0.2, 0.25) is 0 Å². The summed E-state index contributed by atoms with van der Waals surface area (Å²) in [5.74, 6) is 1.10. The molecule has 1 aromatic heterocycles. The van der Waals surface area contributed by atoms with E-state index in [0.29, 0.717) is 11.8 Å². The van der Waals surface area contributed by atoms with Crippen molar-refractivity contribution in [2.24, 2.45) is 11.8 Å². The Morgan fingerprint density at radius 1 is 1.18 bits per heavy atom. The first kappa shape index (κ1) is 14.5. The summed E-state index contributed by atoms with van der Waals surface area (Å²) in [6.07, 6.45) is 2.72. The average Bonchev–Trinajstić information content (AvgIpc) is 3.01. The minimum Gasteiger partial charge on any atom is -0.324 e. The van der Waals surface area contributed by atoms with Crippen LogP contribution in [0.5, 0.6) is 0 Å². The minimum absolute atomic E-state index is 0.0337. The number of nitrogens with one attached hydrogen (secondary N) is 1. The van der Waals surface area contributed by atoms with Gasteiger partial charge in [-0.3, -0.25) is 0 Å². The first-order valence-corrected chi connectivity index (χ1v) is 7.51. The molecule has 1 aliphatic heterocycles. The highest BCUT2D eigenvalue weighted by molar-refractivity contribution is 5.89. The van der Waals surface area contributed by atoms with Crippen molar-refractivity contribution in [2.75, 3.05) is 18.4 Å². The summed E-state index contributed by atoms with van der Waals surface area (Å²) in [5, 5.41) is 14.0. The Morgan fingerprint density at radius 2 is 1.86 bits per heavy atom. The van der Waals surface area contributed by atoms with E-state index in [2.05, 4.69) is 34.7 Å². The molecule has 1 aliphatic rings. The van der Waals surface area contributed by atoms with Crippen LogP contribution in [0.25, 0.3) is 5.69 Å². The number of benzene rings is 1. The molecule has 1 N–H and O–H groups in total. The number of anilines is 1. The normalized spacial score (nSPS) is 21.6. The van der Waals surface area contributed by atoms with Gasteiger partial charge in [0.25, 0.3) is 0 Å². The van der Waals surface area contributed by atoms with E-state index < -0.39 is 0 Å². The second kappa shape index (κ2) is 6.13. The minimum atomic E-state index is -0.0337. The van der Waals surface area contributed by atoms with Crippen LogP contribution in [0.1, 0.15) is 20.3 Å². The van der Waals surface area contributed by atoms with E-state index in [0.717, 1.165) is 24.5 Å². The van der Waals surface area contributed by atoms with E-state index in [1.54, 1.807) is 4.68 Å². The van der Waals surface area contributed by atoms with Crippen molar-refractivity contribution in [1.29, 1.82) is 0 Å². The average molecular weight is 300 g/mol.